The Morgan fingerprint density at radius 3 is 2.26 bits per heavy atom. The van der Waals surface area contributed by atoms with E-state index in [0.717, 1.165) is 0 Å². The number of allylic oxidation sites excluding steroid dienone is 2. The Kier molecular flexibility index (Phi) is 8.49. The molecule has 1 aliphatic heterocycles. The van der Waals surface area contributed by atoms with Crippen LogP contribution in [0.25, 0.3) is 0 Å². The van der Waals surface area contributed by atoms with Crippen LogP contribution >= 0.6 is 0 Å². The molecule has 1 saturated heterocycles. The molecule has 0 radical (unpaired) electrons. The number of rotatable bonds is 7. The van der Waals surface area contributed by atoms with Gasteiger partial charge in [0.1, 0.15) is 30.5 Å². The number of carbonyl (C=O) groups is 4. The second-order valence-corrected chi connectivity index (χ2v) is 11.5. The van der Waals surface area contributed by atoms with E-state index in [2.05, 4.69) is 13.2 Å². The molecule has 0 aromatic rings. The Morgan fingerprint density at radius 1 is 1.13 bits per heavy atom. The molecular formula is C30H40O9. The van der Waals surface area contributed by atoms with Gasteiger partial charge >= 0.3 is 17.9 Å². The van der Waals surface area contributed by atoms with Gasteiger partial charge in [0, 0.05) is 27.9 Å². The molecule has 3 rings (SSSR count). The minimum absolute atomic E-state index is 0.0497. The van der Waals surface area contributed by atoms with Gasteiger partial charge in [-0.05, 0) is 52.5 Å². The molecule has 1 heterocycles. The second-order valence-electron chi connectivity index (χ2n) is 11.5. The van der Waals surface area contributed by atoms with Crippen molar-refractivity contribution in [2.45, 2.75) is 91.1 Å². The molecule has 2 saturated carbocycles. The van der Waals surface area contributed by atoms with Crippen LogP contribution in [0, 0.1) is 16.7 Å². The van der Waals surface area contributed by atoms with E-state index in [1.165, 1.54) is 0 Å². The molecule has 214 valence electrons. The molecule has 9 nitrogen and oxygen atoms in total. The Labute approximate surface area is 229 Å². The summed E-state index contributed by atoms with van der Waals surface area (Å²) in [5.74, 6) is -3.20. The highest BCUT2D eigenvalue weighted by Crippen LogP contribution is 2.62. The SMILES string of the molecule is C=C1CC[C@H](OC(=O)/C(C)=C/C)[C@@H]2[C@]1(C)[C@H](O)C(=O)C(=C)[C@@]2(C)C[C@H](OC(=O)/C(C)=C/C)[C@@]1(O)COC(=O)C1. The minimum atomic E-state index is -1.86. The van der Waals surface area contributed by atoms with Crippen molar-refractivity contribution in [3.8, 4) is 0 Å². The van der Waals surface area contributed by atoms with Crippen molar-refractivity contribution < 1.29 is 43.6 Å². The van der Waals surface area contributed by atoms with E-state index in [1.807, 2.05) is 0 Å². The summed E-state index contributed by atoms with van der Waals surface area (Å²) in [6.45, 7) is 17.8. The third-order valence-electron chi connectivity index (χ3n) is 9.16. The molecular weight excluding hydrogens is 504 g/mol. The Hall–Kier alpha value is -3.04. The van der Waals surface area contributed by atoms with Crippen LogP contribution < -0.4 is 0 Å². The molecule has 0 amide bonds. The van der Waals surface area contributed by atoms with Gasteiger partial charge in [-0.3, -0.25) is 9.59 Å². The van der Waals surface area contributed by atoms with E-state index in [1.54, 1.807) is 53.7 Å². The predicted molar refractivity (Wildman–Crippen MR) is 142 cm³/mol. The van der Waals surface area contributed by atoms with E-state index in [-0.39, 0.29) is 17.6 Å². The van der Waals surface area contributed by atoms with Crippen LogP contribution in [0.5, 0.6) is 0 Å². The number of cyclic esters (lactones) is 1. The first-order valence-corrected chi connectivity index (χ1v) is 13.2. The number of carbonyl (C=O) groups excluding carboxylic acids is 4. The summed E-state index contributed by atoms with van der Waals surface area (Å²) in [7, 11) is 0. The summed E-state index contributed by atoms with van der Waals surface area (Å²) in [4.78, 5) is 51.3. The highest BCUT2D eigenvalue weighted by atomic mass is 16.6. The Balaban J connectivity index is 2.16. The largest absolute Gasteiger partial charge is 0.462 e. The van der Waals surface area contributed by atoms with Crippen molar-refractivity contribution >= 4 is 23.7 Å². The average molecular weight is 545 g/mol. The van der Waals surface area contributed by atoms with Crippen LogP contribution in [-0.2, 0) is 33.4 Å². The van der Waals surface area contributed by atoms with Gasteiger partial charge in [-0.15, -0.1) is 0 Å². The standard InChI is InChI=1S/C30H40O9/c1-9-16(3)26(34)38-20-12-11-18(5)29(8)24(20)28(7,19(6)23(32)25(29)33)13-21(39-27(35)17(4)10-2)30(36)14-22(31)37-15-30/h9-10,20-21,24-25,33,36H,5-6,11-15H2,1-4,7-8H3/b16-9+,17-10+/t20-,21-,24-,25+,28+,29+,30-/m0/s1. The number of hydrogen-bond acceptors (Lipinski definition) is 9. The summed E-state index contributed by atoms with van der Waals surface area (Å²) < 4.78 is 16.8. The molecule has 3 fully saturated rings. The van der Waals surface area contributed by atoms with Gasteiger partial charge in [-0.1, -0.05) is 44.7 Å². The van der Waals surface area contributed by atoms with Crippen LogP contribution in [0.2, 0.25) is 0 Å². The molecule has 0 aromatic carbocycles. The van der Waals surface area contributed by atoms with Gasteiger partial charge in [-0.25, -0.2) is 9.59 Å². The lowest BCUT2D eigenvalue weighted by Gasteiger charge is -2.60. The van der Waals surface area contributed by atoms with Crippen molar-refractivity contribution in [1.29, 1.82) is 0 Å². The normalized spacial score (nSPS) is 36.3. The van der Waals surface area contributed by atoms with E-state index < -0.39 is 77.4 Å². The van der Waals surface area contributed by atoms with Gasteiger partial charge in [0.2, 0.25) is 0 Å². The Bertz CT molecular complexity index is 1160. The number of fused-ring (bicyclic) bond motifs is 1. The quantitative estimate of drug-likeness (QED) is 0.214. The molecule has 2 aliphatic carbocycles. The highest BCUT2D eigenvalue weighted by molar-refractivity contribution is 6.01. The van der Waals surface area contributed by atoms with Crippen LogP contribution in [0.3, 0.4) is 0 Å². The van der Waals surface area contributed by atoms with Crippen LogP contribution in [0.15, 0.2) is 47.6 Å². The molecule has 0 spiro atoms. The molecule has 2 N–H and O–H groups in total. The number of ketones is 1. The first-order chi connectivity index (χ1) is 18.1. The first-order valence-electron chi connectivity index (χ1n) is 13.2. The lowest BCUT2D eigenvalue weighted by molar-refractivity contribution is -0.185. The number of Topliss-reactive ketones (excluding diaryl/α,β-unsaturated/α-hetero) is 1. The zero-order valence-corrected chi connectivity index (χ0v) is 23.7. The van der Waals surface area contributed by atoms with Crippen LogP contribution in [0.1, 0.15) is 67.2 Å². The van der Waals surface area contributed by atoms with E-state index in [4.69, 9.17) is 14.2 Å². The maximum absolute atomic E-state index is 13.5. The summed E-state index contributed by atoms with van der Waals surface area (Å²) in [5.41, 5.74) is -2.96. The molecule has 0 aromatic heterocycles. The lowest BCUT2D eigenvalue weighted by atomic mass is 9.45. The zero-order chi connectivity index (χ0) is 29.5. The minimum Gasteiger partial charge on any atom is -0.462 e. The fourth-order valence-corrected chi connectivity index (χ4v) is 6.26. The third kappa shape index (κ3) is 5.14. The van der Waals surface area contributed by atoms with Crippen LogP contribution in [0.4, 0.5) is 0 Å². The number of aliphatic hydroxyl groups excluding tert-OH is 1. The molecule has 0 unspecified atom stereocenters. The van der Waals surface area contributed by atoms with Crippen molar-refractivity contribution in [2.75, 3.05) is 6.61 Å². The molecule has 9 heteroatoms. The first kappa shape index (κ1) is 30.5. The van der Waals surface area contributed by atoms with Crippen molar-refractivity contribution in [3.63, 3.8) is 0 Å². The average Bonchev–Trinajstić information content (AvgIpc) is 3.26. The molecule has 0 bridgehead atoms. The smallest absolute Gasteiger partial charge is 0.333 e. The van der Waals surface area contributed by atoms with E-state index in [0.29, 0.717) is 24.0 Å². The summed E-state index contributed by atoms with van der Waals surface area (Å²) in [5, 5.41) is 22.7. The molecule has 39 heavy (non-hydrogen) atoms. The maximum atomic E-state index is 13.5. The maximum Gasteiger partial charge on any atom is 0.333 e. The van der Waals surface area contributed by atoms with Gasteiger partial charge in [0.05, 0.1) is 6.42 Å². The summed E-state index contributed by atoms with van der Waals surface area (Å²) in [6.07, 6.45) is -0.0879. The Morgan fingerprint density at radius 2 is 1.72 bits per heavy atom. The number of esters is 3. The highest BCUT2D eigenvalue weighted by Gasteiger charge is 2.66. The zero-order valence-electron chi connectivity index (χ0n) is 23.7. The van der Waals surface area contributed by atoms with Crippen LogP contribution in [-0.4, -0.2) is 64.4 Å². The second kappa shape index (κ2) is 10.8. The molecule has 3 aliphatic rings. The number of ether oxygens (including phenoxy) is 3. The monoisotopic (exact) mass is 544 g/mol. The van der Waals surface area contributed by atoms with Gasteiger partial charge in [-0.2, -0.15) is 0 Å². The van der Waals surface area contributed by atoms with Gasteiger partial charge < -0.3 is 24.4 Å². The topological polar surface area (TPSA) is 136 Å². The van der Waals surface area contributed by atoms with Gasteiger partial charge in [0.25, 0.3) is 0 Å². The number of hydrogen-bond donors (Lipinski definition) is 2. The fraction of sp³-hybridized carbons (Fsp3) is 0.600. The third-order valence-corrected chi connectivity index (χ3v) is 9.16. The van der Waals surface area contributed by atoms with Crippen molar-refractivity contribution in [1.82, 2.24) is 0 Å². The summed E-state index contributed by atoms with van der Waals surface area (Å²) >= 11 is 0. The fourth-order valence-electron chi connectivity index (χ4n) is 6.26. The lowest BCUT2D eigenvalue weighted by Crippen LogP contribution is -2.64. The van der Waals surface area contributed by atoms with E-state index >= 15 is 0 Å². The summed E-state index contributed by atoms with van der Waals surface area (Å²) in [6, 6.07) is 0. The van der Waals surface area contributed by atoms with E-state index in [9.17, 15) is 29.4 Å². The molecule has 7 atom stereocenters. The van der Waals surface area contributed by atoms with Crippen molar-refractivity contribution in [3.05, 3.63) is 47.6 Å². The van der Waals surface area contributed by atoms with Gasteiger partial charge in [0.15, 0.2) is 5.78 Å². The number of aliphatic hydroxyl groups is 2. The van der Waals surface area contributed by atoms with Crippen molar-refractivity contribution in [2.24, 2.45) is 16.7 Å². The predicted octanol–water partition coefficient (Wildman–Crippen LogP) is 3.29.